The molecule has 0 aromatic heterocycles. The minimum atomic E-state index is 0.444. The molecule has 0 spiro atoms. The van der Waals surface area contributed by atoms with Crippen LogP contribution in [0.15, 0.2) is 23.2 Å². The van der Waals surface area contributed by atoms with Crippen LogP contribution in [0.1, 0.15) is 30.9 Å². The first-order valence-corrected chi connectivity index (χ1v) is 6.27. The summed E-state index contributed by atoms with van der Waals surface area (Å²) < 4.78 is 0. The van der Waals surface area contributed by atoms with E-state index < -0.39 is 0 Å². The van der Waals surface area contributed by atoms with Crippen LogP contribution in [-0.4, -0.2) is 12.0 Å². The van der Waals surface area contributed by atoms with Gasteiger partial charge in [-0.05, 0) is 49.4 Å². The monoisotopic (exact) mass is 231 g/mol. The summed E-state index contributed by atoms with van der Waals surface area (Å²) in [5.41, 5.74) is 9.46. The maximum atomic E-state index is 5.89. The Labute approximate surface area is 103 Å². The highest BCUT2D eigenvalue weighted by Gasteiger charge is 2.35. The van der Waals surface area contributed by atoms with Crippen LogP contribution in [0.5, 0.6) is 0 Å². The van der Waals surface area contributed by atoms with Crippen LogP contribution in [0.25, 0.3) is 0 Å². The van der Waals surface area contributed by atoms with Gasteiger partial charge < -0.3 is 11.1 Å². The number of aliphatic imine (C=N–C) groups is 1. The van der Waals surface area contributed by atoms with Gasteiger partial charge in [-0.1, -0.05) is 19.4 Å². The molecule has 1 aromatic carbocycles. The van der Waals surface area contributed by atoms with Crippen molar-refractivity contribution < 1.29 is 0 Å². The molecule has 1 fully saturated rings. The first-order valence-electron chi connectivity index (χ1n) is 6.27. The third-order valence-corrected chi connectivity index (χ3v) is 3.49. The fraction of sp³-hybridized carbons (Fsp3) is 0.500. The minimum Gasteiger partial charge on any atom is -0.370 e. The summed E-state index contributed by atoms with van der Waals surface area (Å²) >= 11 is 0. The third-order valence-electron chi connectivity index (χ3n) is 3.49. The summed E-state index contributed by atoms with van der Waals surface area (Å²) in [5.74, 6) is 1.28. The molecule has 0 aliphatic heterocycles. The number of anilines is 1. The van der Waals surface area contributed by atoms with E-state index in [1.54, 1.807) is 0 Å². The summed E-state index contributed by atoms with van der Waals surface area (Å²) in [6.07, 6.45) is 2.39. The van der Waals surface area contributed by atoms with Crippen molar-refractivity contribution in [2.24, 2.45) is 16.6 Å². The fourth-order valence-electron chi connectivity index (χ4n) is 2.01. The Bertz CT molecular complexity index is 437. The molecule has 0 bridgehead atoms. The molecule has 3 heteroatoms. The summed E-state index contributed by atoms with van der Waals surface area (Å²) in [6.45, 7) is 6.40. The number of hydrogen-bond donors (Lipinski definition) is 2. The van der Waals surface area contributed by atoms with Gasteiger partial charge in [-0.2, -0.15) is 0 Å². The standard InChI is InChI=1S/C14H21N3/c1-4-11-8-13(11)17-14(15)16-12-6-5-9(2)10(3)7-12/h5-7,11,13H,4,8H2,1-3H3,(H3,15,16,17)/t11-,13-/m1/s1. The zero-order chi connectivity index (χ0) is 12.4. The smallest absolute Gasteiger partial charge is 0.193 e. The van der Waals surface area contributed by atoms with Gasteiger partial charge in [0.05, 0.1) is 6.04 Å². The van der Waals surface area contributed by atoms with E-state index in [2.05, 4.69) is 43.2 Å². The molecule has 0 radical (unpaired) electrons. The average Bonchev–Trinajstić information content (AvgIpc) is 3.02. The van der Waals surface area contributed by atoms with Gasteiger partial charge in [0.1, 0.15) is 0 Å². The second kappa shape index (κ2) is 4.78. The number of rotatable bonds is 3. The van der Waals surface area contributed by atoms with E-state index in [4.69, 9.17) is 5.73 Å². The van der Waals surface area contributed by atoms with Crippen LogP contribution in [-0.2, 0) is 0 Å². The average molecular weight is 231 g/mol. The molecule has 3 N–H and O–H groups in total. The molecule has 0 heterocycles. The highest BCUT2D eigenvalue weighted by Crippen LogP contribution is 2.36. The van der Waals surface area contributed by atoms with Gasteiger partial charge >= 0.3 is 0 Å². The molecule has 0 amide bonds. The fourth-order valence-corrected chi connectivity index (χ4v) is 2.01. The van der Waals surface area contributed by atoms with Crippen molar-refractivity contribution in [1.29, 1.82) is 0 Å². The van der Waals surface area contributed by atoms with Crippen LogP contribution >= 0.6 is 0 Å². The predicted molar refractivity (Wildman–Crippen MR) is 73.3 cm³/mol. The van der Waals surface area contributed by atoms with Crippen LogP contribution in [0, 0.1) is 19.8 Å². The van der Waals surface area contributed by atoms with Crippen molar-refractivity contribution in [1.82, 2.24) is 0 Å². The van der Waals surface area contributed by atoms with Crippen molar-refractivity contribution in [2.45, 2.75) is 39.7 Å². The lowest BCUT2D eigenvalue weighted by molar-refractivity contribution is 0.759. The number of hydrogen-bond acceptors (Lipinski definition) is 1. The lowest BCUT2D eigenvalue weighted by Gasteiger charge is -2.07. The summed E-state index contributed by atoms with van der Waals surface area (Å²) in [6, 6.07) is 6.67. The van der Waals surface area contributed by atoms with Crippen molar-refractivity contribution in [3.05, 3.63) is 29.3 Å². The van der Waals surface area contributed by atoms with Gasteiger partial charge in [-0.15, -0.1) is 0 Å². The molecule has 3 nitrogen and oxygen atoms in total. The molecular weight excluding hydrogens is 210 g/mol. The Kier molecular flexibility index (Phi) is 3.36. The minimum absolute atomic E-state index is 0.444. The number of aryl methyl sites for hydroxylation is 2. The van der Waals surface area contributed by atoms with Crippen molar-refractivity contribution in [3.8, 4) is 0 Å². The number of nitrogens with one attached hydrogen (secondary N) is 1. The largest absolute Gasteiger partial charge is 0.370 e. The second-order valence-corrected chi connectivity index (χ2v) is 4.91. The van der Waals surface area contributed by atoms with Crippen molar-refractivity contribution in [2.75, 3.05) is 5.32 Å². The Morgan fingerprint density at radius 2 is 2.18 bits per heavy atom. The molecule has 92 valence electrons. The Hall–Kier alpha value is -1.51. The van der Waals surface area contributed by atoms with E-state index in [1.165, 1.54) is 24.0 Å². The zero-order valence-corrected chi connectivity index (χ0v) is 10.8. The topological polar surface area (TPSA) is 50.4 Å². The van der Waals surface area contributed by atoms with E-state index in [-0.39, 0.29) is 0 Å². The van der Waals surface area contributed by atoms with Gasteiger partial charge in [0, 0.05) is 5.69 Å². The van der Waals surface area contributed by atoms with Gasteiger partial charge in [0.25, 0.3) is 0 Å². The first-order chi connectivity index (χ1) is 8.10. The van der Waals surface area contributed by atoms with Crippen LogP contribution in [0.4, 0.5) is 5.69 Å². The SMILES string of the molecule is CC[C@@H]1C[C@H]1N=C(N)Nc1ccc(C)c(C)c1. The second-order valence-electron chi connectivity index (χ2n) is 4.91. The van der Waals surface area contributed by atoms with E-state index in [0.29, 0.717) is 12.0 Å². The molecule has 1 aliphatic carbocycles. The highest BCUT2D eigenvalue weighted by atomic mass is 15.1. The zero-order valence-electron chi connectivity index (χ0n) is 10.8. The first kappa shape index (κ1) is 12.0. The Morgan fingerprint density at radius 3 is 2.76 bits per heavy atom. The molecule has 0 unspecified atom stereocenters. The van der Waals surface area contributed by atoms with Crippen LogP contribution < -0.4 is 11.1 Å². The molecule has 17 heavy (non-hydrogen) atoms. The number of nitrogens with zero attached hydrogens (tertiary/aromatic N) is 1. The Balaban J connectivity index is 1.98. The van der Waals surface area contributed by atoms with E-state index in [9.17, 15) is 0 Å². The molecule has 1 aromatic rings. The maximum absolute atomic E-state index is 5.89. The van der Waals surface area contributed by atoms with Gasteiger partial charge in [0.2, 0.25) is 0 Å². The lowest BCUT2D eigenvalue weighted by atomic mass is 10.1. The molecule has 1 aliphatic rings. The van der Waals surface area contributed by atoms with E-state index >= 15 is 0 Å². The summed E-state index contributed by atoms with van der Waals surface area (Å²) in [5, 5.41) is 3.15. The number of benzene rings is 1. The predicted octanol–water partition coefficient (Wildman–Crippen LogP) is 2.83. The van der Waals surface area contributed by atoms with Gasteiger partial charge in [0.15, 0.2) is 5.96 Å². The van der Waals surface area contributed by atoms with E-state index in [0.717, 1.165) is 11.6 Å². The van der Waals surface area contributed by atoms with Gasteiger partial charge in [-0.25, -0.2) is 4.99 Å². The normalized spacial score (nSPS) is 23.6. The van der Waals surface area contributed by atoms with Crippen LogP contribution in [0.2, 0.25) is 0 Å². The third kappa shape index (κ3) is 2.99. The molecule has 2 atom stereocenters. The lowest BCUT2D eigenvalue weighted by Crippen LogP contribution is -2.23. The molecule has 0 saturated heterocycles. The van der Waals surface area contributed by atoms with E-state index in [1.807, 2.05) is 6.07 Å². The quantitative estimate of drug-likeness (QED) is 0.621. The highest BCUT2D eigenvalue weighted by molar-refractivity contribution is 5.92. The summed E-state index contributed by atoms with van der Waals surface area (Å²) in [4.78, 5) is 4.47. The molecule has 1 saturated carbocycles. The Morgan fingerprint density at radius 1 is 1.41 bits per heavy atom. The molecular formula is C14H21N3. The maximum Gasteiger partial charge on any atom is 0.193 e. The number of nitrogens with two attached hydrogens (primary N) is 1. The van der Waals surface area contributed by atoms with Gasteiger partial charge in [-0.3, -0.25) is 0 Å². The number of guanidine groups is 1. The van der Waals surface area contributed by atoms with Crippen molar-refractivity contribution >= 4 is 11.6 Å². The van der Waals surface area contributed by atoms with Crippen molar-refractivity contribution in [3.63, 3.8) is 0 Å². The summed E-state index contributed by atoms with van der Waals surface area (Å²) in [7, 11) is 0. The van der Waals surface area contributed by atoms with Crippen LogP contribution in [0.3, 0.4) is 0 Å². The molecule has 2 rings (SSSR count).